The van der Waals surface area contributed by atoms with Gasteiger partial charge in [-0.25, -0.2) is 14.5 Å². The molecular weight excluding hydrogens is 362 g/mol. The van der Waals surface area contributed by atoms with Crippen molar-refractivity contribution in [2.24, 2.45) is 0 Å². The zero-order chi connectivity index (χ0) is 19.9. The lowest BCUT2D eigenvalue weighted by Crippen LogP contribution is -2.44. The molecule has 2 aromatic carbocycles. The van der Waals surface area contributed by atoms with Crippen molar-refractivity contribution in [3.63, 3.8) is 0 Å². The molecular formula is C21H19NO6. The number of ether oxygens (including phenoxy) is 2. The quantitative estimate of drug-likeness (QED) is 0.565. The molecule has 0 N–H and O–H groups in total. The molecule has 0 unspecified atom stereocenters. The largest absolute Gasteiger partial charge is 0.456 e. The van der Waals surface area contributed by atoms with E-state index < -0.39 is 30.6 Å². The Morgan fingerprint density at radius 1 is 0.929 bits per heavy atom. The van der Waals surface area contributed by atoms with Gasteiger partial charge in [-0.15, -0.1) is 0 Å². The fourth-order valence-electron chi connectivity index (χ4n) is 2.86. The van der Waals surface area contributed by atoms with Crippen LogP contribution in [0.5, 0.6) is 0 Å². The molecule has 0 aromatic heterocycles. The Kier molecular flexibility index (Phi) is 6.16. The van der Waals surface area contributed by atoms with Gasteiger partial charge in [-0.05, 0) is 12.0 Å². The summed E-state index contributed by atoms with van der Waals surface area (Å²) in [5, 5.41) is 0. The van der Waals surface area contributed by atoms with E-state index >= 15 is 0 Å². The first kappa shape index (κ1) is 19.3. The number of amides is 2. The molecule has 1 saturated heterocycles. The minimum absolute atomic E-state index is 0.0162. The van der Waals surface area contributed by atoms with E-state index in [9.17, 15) is 19.2 Å². The Balaban J connectivity index is 1.57. The molecule has 1 fully saturated rings. The van der Waals surface area contributed by atoms with Crippen LogP contribution < -0.4 is 0 Å². The van der Waals surface area contributed by atoms with E-state index in [-0.39, 0.29) is 25.2 Å². The highest BCUT2D eigenvalue weighted by Crippen LogP contribution is 2.21. The molecule has 3 rings (SSSR count). The molecule has 1 aliphatic rings. The van der Waals surface area contributed by atoms with Crippen LogP contribution in [-0.4, -0.2) is 41.3 Å². The number of Topliss-reactive ketones (excluding diaryl/α,β-unsaturated/α-hetero) is 1. The monoisotopic (exact) mass is 381 g/mol. The number of imide groups is 1. The summed E-state index contributed by atoms with van der Waals surface area (Å²) in [6.07, 6.45) is -0.729. The van der Waals surface area contributed by atoms with Gasteiger partial charge >= 0.3 is 12.1 Å². The van der Waals surface area contributed by atoms with E-state index in [2.05, 4.69) is 0 Å². The highest BCUT2D eigenvalue weighted by Gasteiger charge is 2.42. The summed E-state index contributed by atoms with van der Waals surface area (Å²) in [4.78, 5) is 49.5. The Morgan fingerprint density at radius 3 is 2.25 bits per heavy atom. The summed E-state index contributed by atoms with van der Waals surface area (Å²) in [6, 6.07) is 16.3. The van der Waals surface area contributed by atoms with Crippen LogP contribution in [0.15, 0.2) is 60.7 Å². The van der Waals surface area contributed by atoms with Gasteiger partial charge < -0.3 is 9.47 Å². The summed E-state index contributed by atoms with van der Waals surface area (Å²) in [5.41, 5.74) is 1.17. The van der Waals surface area contributed by atoms with Crippen LogP contribution in [0.3, 0.4) is 0 Å². The van der Waals surface area contributed by atoms with Crippen LogP contribution in [0.4, 0.5) is 4.79 Å². The smallest absolute Gasteiger partial charge is 0.417 e. The zero-order valence-corrected chi connectivity index (χ0v) is 15.1. The normalized spacial score (nSPS) is 15.9. The number of ketones is 1. The lowest BCUT2D eigenvalue weighted by molar-refractivity contribution is -0.149. The van der Waals surface area contributed by atoms with Crippen LogP contribution in [0.2, 0.25) is 0 Å². The summed E-state index contributed by atoms with van der Waals surface area (Å²) >= 11 is 0. The number of carbonyl (C=O) groups is 4. The molecule has 144 valence electrons. The van der Waals surface area contributed by atoms with Crippen LogP contribution in [0.25, 0.3) is 0 Å². The number of nitrogens with zero attached hydrogens (tertiary/aromatic N) is 1. The minimum Gasteiger partial charge on any atom is -0.456 e. The number of likely N-dealkylation sites (tertiary alicyclic amines) is 1. The van der Waals surface area contributed by atoms with Crippen molar-refractivity contribution in [3.8, 4) is 0 Å². The van der Waals surface area contributed by atoms with Gasteiger partial charge in [0.1, 0.15) is 12.6 Å². The average Bonchev–Trinajstić information content (AvgIpc) is 3.13. The molecule has 2 aromatic rings. The van der Waals surface area contributed by atoms with Gasteiger partial charge in [0, 0.05) is 12.0 Å². The lowest BCUT2D eigenvalue weighted by atomic mass is 10.1. The Bertz CT molecular complexity index is 865. The number of rotatable bonds is 6. The van der Waals surface area contributed by atoms with Gasteiger partial charge in [-0.1, -0.05) is 60.7 Å². The topological polar surface area (TPSA) is 90.0 Å². The van der Waals surface area contributed by atoms with E-state index in [4.69, 9.17) is 9.47 Å². The van der Waals surface area contributed by atoms with Crippen molar-refractivity contribution in [1.29, 1.82) is 0 Å². The predicted octanol–water partition coefficient (Wildman–Crippen LogP) is 2.74. The molecule has 1 atom stereocenters. The van der Waals surface area contributed by atoms with Gasteiger partial charge in [0.15, 0.2) is 12.4 Å². The third-order valence-corrected chi connectivity index (χ3v) is 4.33. The Labute approximate surface area is 161 Å². The van der Waals surface area contributed by atoms with E-state index in [0.717, 1.165) is 10.5 Å². The van der Waals surface area contributed by atoms with Crippen molar-refractivity contribution in [1.82, 2.24) is 4.90 Å². The van der Waals surface area contributed by atoms with Crippen molar-refractivity contribution in [3.05, 3.63) is 71.8 Å². The number of hydrogen-bond acceptors (Lipinski definition) is 6. The zero-order valence-electron chi connectivity index (χ0n) is 15.1. The molecule has 7 nitrogen and oxygen atoms in total. The molecule has 0 saturated carbocycles. The molecule has 2 amide bonds. The average molecular weight is 381 g/mol. The van der Waals surface area contributed by atoms with Crippen LogP contribution in [0.1, 0.15) is 28.8 Å². The minimum atomic E-state index is -1.08. The number of hydrogen-bond donors (Lipinski definition) is 0. The van der Waals surface area contributed by atoms with E-state index in [1.165, 1.54) is 0 Å². The number of carbonyl (C=O) groups excluding carboxylic acids is 4. The molecule has 28 heavy (non-hydrogen) atoms. The summed E-state index contributed by atoms with van der Waals surface area (Å²) in [5.74, 6) is -1.67. The highest BCUT2D eigenvalue weighted by atomic mass is 16.6. The number of esters is 1. The van der Waals surface area contributed by atoms with Crippen molar-refractivity contribution in [2.75, 3.05) is 6.61 Å². The molecule has 0 radical (unpaired) electrons. The maximum absolute atomic E-state index is 12.3. The third kappa shape index (κ3) is 4.62. The van der Waals surface area contributed by atoms with Crippen molar-refractivity contribution >= 4 is 23.8 Å². The molecule has 1 aliphatic heterocycles. The summed E-state index contributed by atoms with van der Waals surface area (Å²) in [6.45, 7) is -0.474. The summed E-state index contributed by atoms with van der Waals surface area (Å²) < 4.78 is 10.2. The van der Waals surface area contributed by atoms with Crippen LogP contribution in [-0.2, 0) is 25.7 Å². The van der Waals surface area contributed by atoms with Gasteiger partial charge in [0.05, 0.1) is 0 Å². The van der Waals surface area contributed by atoms with Crippen molar-refractivity contribution in [2.45, 2.75) is 25.5 Å². The fourth-order valence-corrected chi connectivity index (χ4v) is 2.86. The van der Waals surface area contributed by atoms with Gasteiger partial charge in [-0.2, -0.15) is 0 Å². The first-order valence-electron chi connectivity index (χ1n) is 8.84. The molecule has 7 heteroatoms. The lowest BCUT2D eigenvalue weighted by Gasteiger charge is -2.21. The molecule has 0 aliphatic carbocycles. The maximum Gasteiger partial charge on any atom is 0.417 e. The van der Waals surface area contributed by atoms with Crippen LogP contribution in [0, 0.1) is 0 Å². The fraction of sp³-hybridized carbons (Fsp3) is 0.238. The maximum atomic E-state index is 12.3. The van der Waals surface area contributed by atoms with E-state index in [1.807, 2.05) is 6.07 Å². The summed E-state index contributed by atoms with van der Waals surface area (Å²) in [7, 11) is 0. The Morgan fingerprint density at radius 2 is 1.57 bits per heavy atom. The van der Waals surface area contributed by atoms with Gasteiger partial charge in [0.25, 0.3) is 0 Å². The molecule has 0 spiro atoms. The predicted molar refractivity (Wildman–Crippen MR) is 98.2 cm³/mol. The first-order valence-corrected chi connectivity index (χ1v) is 8.84. The molecule has 1 heterocycles. The second kappa shape index (κ2) is 8.94. The van der Waals surface area contributed by atoms with E-state index in [0.29, 0.717) is 5.56 Å². The SMILES string of the molecule is O=C(COC(=O)[C@@H]1CCC(=O)N1C(=O)OCc1ccccc1)c1ccccc1. The third-order valence-electron chi connectivity index (χ3n) is 4.33. The number of benzene rings is 2. The van der Waals surface area contributed by atoms with Crippen molar-refractivity contribution < 1.29 is 28.7 Å². The highest BCUT2D eigenvalue weighted by molar-refractivity contribution is 6.01. The van der Waals surface area contributed by atoms with Gasteiger partial charge in [-0.3, -0.25) is 9.59 Å². The first-order chi connectivity index (χ1) is 13.6. The van der Waals surface area contributed by atoms with Crippen LogP contribution >= 0.6 is 0 Å². The molecule has 0 bridgehead atoms. The van der Waals surface area contributed by atoms with E-state index in [1.54, 1.807) is 54.6 Å². The Hall–Kier alpha value is -3.48. The van der Waals surface area contributed by atoms with Gasteiger partial charge in [0.2, 0.25) is 5.91 Å². The standard InChI is InChI=1S/C21H19NO6/c23-18(16-9-5-2-6-10-16)14-27-20(25)17-11-12-19(24)22(17)21(26)28-13-15-7-3-1-4-8-15/h1-10,17H,11-14H2/t17-/m0/s1. The second-order valence-corrected chi connectivity index (χ2v) is 6.26. The second-order valence-electron chi connectivity index (χ2n) is 6.26.